The van der Waals surface area contributed by atoms with Crippen LogP contribution in [0.1, 0.15) is 31.4 Å². The maximum Gasteiger partial charge on any atom is 0.433 e. The highest BCUT2D eigenvalue weighted by Crippen LogP contribution is 2.35. The molecule has 0 unspecified atom stereocenters. The summed E-state index contributed by atoms with van der Waals surface area (Å²) in [5.74, 6) is 0. The number of nitrogens with one attached hydrogen (secondary N) is 1. The first-order valence-corrected chi connectivity index (χ1v) is 7.90. The van der Waals surface area contributed by atoms with E-state index in [4.69, 9.17) is 17.3 Å². The Morgan fingerprint density at radius 3 is 2.62 bits per heavy atom. The summed E-state index contributed by atoms with van der Waals surface area (Å²) in [4.78, 5) is 3.71. The molecule has 3 N–H and O–H groups in total. The zero-order valence-electron chi connectivity index (χ0n) is 12.7. The van der Waals surface area contributed by atoms with Gasteiger partial charge in [-0.1, -0.05) is 11.6 Å². The van der Waals surface area contributed by atoms with Crippen molar-refractivity contribution in [3.05, 3.63) is 35.0 Å². The van der Waals surface area contributed by atoms with Crippen molar-refractivity contribution in [3.63, 3.8) is 0 Å². The minimum Gasteiger partial charge on any atom is -0.382 e. The van der Waals surface area contributed by atoms with Gasteiger partial charge in [-0.2, -0.15) is 13.2 Å². The monoisotopic (exact) mass is 379 g/mol. The molecule has 1 aliphatic rings. The van der Waals surface area contributed by atoms with Gasteiger partial charge in [0.25, 0.3) is 0 Å². The Bertz CT molecular complexity index is 722. The number of hydrogen-bond donors (Lipinski definition) is 2. The average molecular weight is 380 g/mol. The fourth-order valence-corrected chi connectivity index (χ4v) is 3.21. The van der Waals surface area contributed by atoms with Crippen molar-refractivity contribution in [2.24, 2.45) is 5.73 Å². The van der Waals surface area contributed by atoms with Crippen LogP contribution < -0.4 is 11.1 Å². The van der Waals surface area contributed by atoms with Gasteiger partial charge in [-0.25, -0.2) is 4.98 Å². The van der Waals surface area contributed by atoms with E-state index in [0.717, 1.165) is 31.7 Å². The number of hydrogen-bond acceptors (Lipinski definition) is 3. The molecular formula is C16H18Cl2F3N3. The van der Waals surface area contributed by atoms with Gasteiger partial charge in [-0.3, -0.25) is 0 Å². The van der Waals surface area contributed by atoms with Crippen LogP contribution in [0.25, 0.3) is 10.9 Å². The lowest BCUT2D eigenvalue weighted by Gasteiger charge is -2.28. The summed E-state index contributed by atoms with van der Waals surface area (Å²) in [6.07, 6.45) is -0.942. The van der Waals surface area contributed by atoms with Crippen molar-refractivity contribution < 1.29 is 13.2 Å². The van der Waals surface area contributed by atoms with Gasteiger partial charge >= 0.3 is 6.18 Å². The average Bonchev–Trinajstić information content (AvgIpc) is 2.46. The summed E-state index contributed by atoms with van der Waals surface area (Å²) in [6, 6.07) is 5.88. The fourth-order valence-electron chi connectivity index (χ4n) is 3.04. The predicted molar refractivity (Wildman–Crippen MR) is 92.9 cm³/mol. The highest BCUT2D eigenvalue weighted by Gasteiger charge is 2.33. The Morgan fingerprint density at radius 1 is 1.21 bits per heavy atom. The van der Waals surface area contributed by atoms with Crippen LogP contribution in [0.3, 0.4) is 0 Å². The van der Waals surface area contributed by atoms with Crippen molar-refractivity contribution >= 4 is 40.6 Å². The Labute approximate surface area is 149 Å². The number of fused-ring (bicyclic) bond motifs is 1. The SMILES string of the molecule is Cl.N[C@@H]1CCC[C@@H](Nc2cc(C(F)(F)F)nc3ccc(Cl)cc23)C1. The molecule has 3 nitrogen and oxygen atoms in total. The standard InChI is InChI=1S/C16H17ClF3N3.ClH/c17-9-4-5-13-12(6-9)14(8-15(23-13)16(18,19)20)22-11-3-1-2-10(21)7-11;/h4-6,8,10-11H,1-3,7,21H2,(H,22,23);1H/t10-,11-;/m1./s1. The maximum atomic E-state index is 13.1. The van der Waals surface area contributed by atoms with Crippen LogP contribution in [0.15, 0.2) is 24.3 Å². The molecule has 1 fully saturated rings. The minimum atomic E-state index is -4.49. The van der Waals surface area contributed by atoms with Crippen LogP contribution in [0.5, 0.6) is 0 Å². The molecule has 1 aliphatic carbocycles. The summed E-state index contributed by atoms with van der Waals surface area (Å²) in [6.45, 7) is 0. The zero-order valence-corrected chi connectivity index (χ0v) is 14.3. The van der Waals surface area contributed by atoms with E-state index in [1.165, 1.54) is 12.1 Å². The lowest BCUT2D eigenvalue weighted by molar-refractivity contribution is -0.140. The van der Waals surface area contributed by atoms with Crippen LogP contribution in [0.4, 0.5) is 18.9 Å². The first-order chi connectivity index (χ1) is 10.8. The molecule has 132 valence electrons. The minimum absolute atomic E-state index is 0. The second-order valence-electron chi connectivity index (χ2n) is 5.98. The van der Waals surface area contributed by atoms with Crippen molar-refractivity contribution in [1.82, 2.24) is 4.98 Å². The molecule has 2 atom stereocenters. The molecule has 0 amide bonds. The smallest absolute Gasteiger partial charge is 0.382 e. The molecule has 0 saturated heterocycles. The molecule has 1 aromatic carbocycles. The molecule has 1 aromatic heterocycles. The summed E-state index contributed by atoms with van der Waals surface area (Å²) in [7, 11) is 0. The molecule has 0 spiro atoms. The lowest BCUT2D eigenvalue weighted by Crippen LogP contribution is -2.35. The van der Waals surface area contributed by atoms with Crippen LogP contribution in [-0.2, 0) is 6.18 Å². The molecule has 24 heavy (non-hydrogen) atoms. The Balaban J connectivity index is 0.00000208. The van der Waals surface area contributed by atoms with Crippen LogP contribution in [-0.4, -0.2) is 17.1 Å². The molecule has 0 bridgehead atoms. The number of aromatic nitrogens is 1. The van der Waals surface area contributed by atoms with Gasteiger partial charge in [0.15, 0.2) is 0 Å². The Morgan fingerprint density at radius 2 is 1.96 bits per heavy atom. The predicted octanol–water partition coefficient (Wildman–Crippen LogP) is 5.01. The van der Waals surface area contributed by atoms with Crippen molar-refractivity contribution in [2.45, 2.75) is 43.9 Å². The van der Waals surface area contributed by atoms with Gasteiger partial charge in [-0.15, -0.1) is 12.4 Å². The van der Waals surface area contributed by atoms with Gasteiger partial charge in [0, 0.05) is 28.2 Å². The molecule has 0 aliphatic heterocycles. The molecule has 0 radical (unpaired) electrons. The number of anilines is 1. The van der Waals surface area contributed by atoms with Crippen molar-refractivity contribution in [2.75, 3.05) is 5.32 Å². The summed E-state index contributed by atoms with van der Waals surface area (Å²) in [5, 5.41) is 4.26. The number of nitrogens with two attached hydrogens (primary N) is 1. The maximum absolute atomic E-state index is 13.1. The van der Waals surface area contributed by atoms with E-state index < -0.39 is 11.9 Å². The number of pyridine rings is 1. The van der Waals surface area contributed by atoms with Gasteiger partial charge in [0.2, 0.25) is 0 Å². The molecular weight excluding hydrogens is 362 g/mol. The first kappa shape index (κ1) is 19.1. The van der Waals surface area contributed by atoms with E-state index in [9.17, 15) is 13.2 Å². The summed E-state index contributed by atoms with van der Waals surface area (Å²) >= 11 is 5.99. The fraction of sp³-hybridized carbons (Fsp3) is 0.438. The molecule has 8 heteroatoms. The number of rotatable bonds is 2. The van der Waals surface area contributed by atoms with Gasteiger partial charge in [0.05, 0.1) is 5.52 Å². The quantitative estimate of drug-likeness (QED) is 0.770. The van der Waals surface area contributed by atoms with E-state index in [0.29, 0.717) is 16.1 Å². The second kappa shape index (κ2) is 7.33. The van der Waals surface area contributed by atoms with Crippen LogP contribution >= 0.6 is 24.0 Å². The van der Waals surface area contributed by atoms with Gasteiger partial charge < -0.3 is 11.1 Å². The van der Waals surface area contributed by atoms with E-state index in [2.05, 4.69) is 10.3 Å². The van der Waals surface area contributed by atoms with E-state index in [-0.39, 0.29) is 30.0 Å². The molecule has 1 heterocycles. The Hall–Kier alpha value is -1.24. The number of alkyl halides is 3. The third-order valence-electron chi connectivity index (χ3n) is 4.14. The van der Waals surface area contributed by atoms with E-state index in [1.54, 1.807) is 6.07 Å². The zero-order chi connectivity index (χ0) is 16.6. The van der Waals surface area contributed by atoms with Gasteiger partial charge in [0.1, 0.15) is 5.69 Å². The Kier molecular flexibility index (Phi) is 5.83. The normalized spacial score (nSPS) is 21.4. The molecule has 3 rings (SSSR count). The first-order valence-electron chi connectivity index (χ1n) is 7.52. The van der Waals surface area contributed by atoms with Crippen LogP contribution in [0.2, 0.25) is 5.02 Å². The van der Waals surface area contributed by atoms with Gasteiger partial charge in [-0.05, 0) is 49.9 Å². The van der Waals surface area contributed by atoms with E-state index >= 15 is 0 Å². The van der Waals surface area contributed by atoms with Crippen molar-refractivity contribution in [1.29, 1.82) is 0 Å². The molecule has 2 aromatic rings. The van der Waals surface area contributed by atoms with Crippen molar-refractivity contribution in [3.8, 4) is 0 Å². The van der Waals surface area contributed by atoms with Crippen LogP contribution in [0, 0.1) is 0 Å². The third-order valence-corrected chi connectivity index (χ3v) is 4.37. The number of nitrogens with zero attached hydrogens (tertiary/aromatic N) is 1. The highest BCUT2D eigenvalue weighted by molar-refractivity contribution is 6.31. The third kappa shape index (κ3) is 4.23. The van der Waals surface area contributed by atoms with E-state index in [1.807, 2.05) is 0 Å². The molecule has 1 saturated carbocycles. The summed E-state index contributed by atoms with van der Waals surface area (Å²) in [5.41, 5.74) is 5.73. The highest BCUT2D eigenvalue weighted by atomic mass is 35.5. The summed E-state index contributed by atoms with van der Waals surface area (Å²) < 4.78 is 39.2. The topological polar surface area (TPSA) is 50.9 Å². The largest absolute Gasteiger partial charge is 0.433 e. The lowest BCUT2D eigenvalue weighted by atomic mass is 9.91. The number of benzene rings is 1. The second-order valence-corrected chi connectivity index (χ2v) is 6.42. The number of halogens is 5.